The van der Waals surface area contributed by atoms with Crippen molar-refractivity contribution < 1.29 is 9.18 Å². The molecule has 1 saturated heterocycles. The Balaban J connectivity index is 1.32. The molecule has 0 saturated carbocycles. The largest absolute Gasteiger partial charge is 0.380 e. The van der Waals surface area contributed by atoms with E-state index in [2.05, 4.69) is 22.4 Å². The molecular formula is C23H23FN4O. The Bertz CT molecular complexity index is 954. The molecule has 1 fully saturated rings. The zero-order valence-corrected chi connectivity index (χ0v) is 16.1. The van der Waals surface area contributed by atoms with Gasteiger partial charge in [0.25, 0.3) is 5.91 Å². The molecule has 0 unspecified atom stereocenters. The molecule has 1 aliphatic heterocycles. The number of halogens is 1. The van der Waals surface area contributed by atoms with E-state index in [1.165, 1.54) is 11.6 Å². The second-order valence-electron chi connectivity index (χ2n) is 7.00. The number of para-hydroxylation sites is 1. The summed E-state index contributed by atoms with van der Waals surface area (Å²) in [6, 6.07) is 20.5. The maximum absolute atomic E-state index is 14.0. The van der Waals surface area contributed by atoms with E-state index in [9.17, 15) is 9.18 Å². The highest BCUT2D eigenvalue weighted by atomic mass is 19.1. The fraction of sp³-hybridized carbons (Fsp3) is 0.217. The Hall–Kier alpha value is -3.41. The lowest BCUT2D eigenvalue weighted by Gasteiger charge is -2.36. The van der Waals surface area contributed by atoms with Gasteiger partial charge >= 0.3 is 0 Å². The van der Waals surface area contributed by atoms with Crippen molar-refractivity contribution in [3.8, 4) is 0 Å². The van der Waals surface area contributed by atoms with Gasteiger partial charge in [-0.2, -0.15) is 0 Å². The maximum Gasteiger partial charge on any atom is 0.272 e. The van der Waals surface area contributed by atoms with Crippen molar-refractivity contribution in [2.24, 2.45) is 0 Å². The number of benzene rings is 2. The summed E-state index contributed by atoms with van der Waals surface area (Å²) in [6.45, 7) is 2.99. The quantitative estimate of drug-likeness (QED) is 0.720. The normalized spacial score (nSPS) is 14.0. The van der Waals surface area contributed by atoms with Gasteiger partial charge in [0.05, 0.1) is 17.6 Å². The number of carbonyl (C=O) groups is 1. The van der Waals surface area contributed by atoms with Crippen LogP contribution in [0.25, 0.3) is 0 Å². The number of anilines is 2. The van der Waals surface area contributed by atoms with Gasteiger partial charge in [-0.25, -0.2) is 9.37 Å². The summed E-state index contributed by atoms with van der Waals surface area (Å²) in [4.78, 5) is 20.8. The smallest absolute Gasteiger partial charge is 0.272 e. The molecule has 1 aliphatic rings. The number of aromatic nitrogens is 1. The molecule has 0 bridgehead atoms. The van der Waals surface area contributed by atoms with Crippen LogP contribution in [-0.2, 0) is 6.54 Å². The minimum atomic E-state index is -0.229. The van der Waals surface area contributed by atoms with Crippen LogP contribution in [0.15, 0.2) is 72.9 Å². The van der Waals surface area contributed by atoms with E-state index < -0.39 is 0 Å². The Kier molecular flexibility index (Phi) is 5.70. The van der Waals surface area contributed by atoms with Gasteiger partial charge in [0.15, 0.2) is 0 Å². The van der Waals surface area contributed by atoms with Crippen molar-refractivity contribution in [2.45, 2.75) is 6.54 Å². The lowest BCUT2D eigenvalue weighted by molar-refractivity contribution is 0.0741. The van der Waals surface area contributed by atoms with Crippen molar-refractivity contribution >= 4 is 17.3 Å². The summed E-state index contributed by atoms with van der Waals surface area (Å²) < 4.78 is 14.0. The van der Waals surface area contributed by atoms with Crippen LogP contribution < -0.4 is 10.2 Å². The maximum atomic E-state index is 14.0. The Labute approximate surface area is 169 Å². The minimum Gasteiger partial charge on any atom is -0.380 e. The first kappa shape index (κ1) is 18.9. The van der Waals surface area contributed by atoms with Gasteiger partial charge in [0, 0.05) is 32.7 Å². The highest BCUT2D eigenvalue weighted by molar-refractivity contribution is 5.92. The SMILES string of the molecule is O=C(c1ccc(NCc2ccccc2)cn1)N1CCN(c2ccccc2F)CC1. The minimum absolute atomic E-state index is 0.0900. The fourth-order valence-electron chi connectivity index (χ4n) is 3.45. The predicted octanol–water partition coefficient (Wildman–Crippen LogP) is 3.80. The van der Waals surface area contributed by atoms with Gasteiger partial charge < -0.3 is 15.1 Å². The summed E-state index contributed by atoms with van der Waals surface area (Å²) in [7, 11) is 0. The highest BCUT2D eigenvalue weighted by Crippen LogP contribution is 2.20. The Morgan fingerprint density at radius 1 is 0.931 bits per heavy atom. The highest BCUT2D eigenvalue weighted by Gasteiger charge is 2.24. The summed E-state index contributed by atoms with van der Waals surface area (Å²) in [5, 5.41) is 3.31. The van der Waals surface area contributed by atoms with Gasteiger partial charge in [-0.3, -0.25) is 4.79 Å². The Morgan fingerprint density at radius 2 is 1.66 bits per heavy atom. The standard InChI is InChI=1S/C23H23FN4O/c24-20-8-4-5-9-22(20)27-12-14-28(15-13-27)23(29)21-11-10-19(17-26-21)25-16-18-6-2-1-3-7-18/h1-11,17,25H,12-16H2. The van der Waals surface area contributed by atoms with E-state index in [0.29, 0.717) is 44.1 Å². The second-order valence-corrected chi connectivity index (χ2v) is 7.00. The molecule has 1 amide bonds. The average molecular weight is 390 g/mol. The number of carbonyl (C=O) groups excluding carboxylic acids is 1. The van der Waals surface area contributed by atoms with E-state index in [4.69, 9.17) is 0 Å². The molecule has 148 valence electrons. The van der Waals surface area contributed by atoms with Crippen LogP contribution in [0.4, 0.5) is 15.8 Å². The van der Waals surface area contributed by atoms with Crippen molar-refractivity contribution in [1.82, 2.24) is 9.88 Å². The van der Waals surface area contributed by atoms with E-state index in [0.717, 1.165) is 5.69 Å². The summed E-state index contributed by atoms with van der Waals surface area (Å²) >= 11 is 0. The molecule has 3 aromatic rings. The molecule has 1 aromatic heterocycles. The number of hydrogen-bond donors (Lipinski definition) is 1. The molecule has 0 aliphatic carbocycles. The Morgan fingerprint density at radius 3 is 2.34 bits per heavy atom. The van der Waals surface area contributed by atoms with Crippen LogP contribution in [0.2, 0.25) is 0 Å². The number of piperazine rings is 1. The van der Waals surface area contributed by atoms with E-state index in [-0.39, 0.29) is 11.7 Å². The molecule has 2 aromatic carbocycles. The monoisotopic (exact) mass is 390 g/mol. The van der Waals surface area contributed by atoms with Crippen LogP contribution in [0, 0.1) is 5.82 Å². The number of rotatable bonds is 5. The van der Waals surface area contributed by atoms with Gasteiger partial charge in [-0.1, -0.05) is 42.5 Å². The van der Waals surface area contributed by atoms with E-state index >= 15 is 0 Å². The van der Waals surface area contributed by atoms with Crippen molar-refractivity contribution in [3.05, 3.63) is 90.0 Å². The summed E-state index contributed by atoms with van der Waals surface area (Å²) in [6.07, 6.45) is 1.69. The van der Waals surface area contributed by atoms with E-state index in [1.807, 2.05) is 35.2 Å². The van der Waals surface area contributed by atoms with Crippen molar-refractivity contribution in [1.29, 1.82) is 0 Å². The predicted molar refractivity (Wildman–Crippen MR) is 113 cm³/mol. The van der Waals surface area contributed by atoms with Gasteiger partial charge in [-0.15, -0.1) is 0 Å². The number of pyridine rings is 1. The van der Waals surface area contributed by atoms with Crippen LogP contribution >= 0.6 is 0 Å². The molecule has 6 heteroatoms. The second kappa shape index (κ2) is 8.73. The summed E-state index contributed by atoms with van der Waals surface area (Å²) in [5.41, 5.74) is 3.07. The number of nitrogens with one attached hydrogen (secondary N) is 1. The van der Waals surface area contributed by atoms with Crippen LogP contribution in [0.1, 0.15) is 16.1 Å². The molecule has 1 N–H and O–H groups in total. The first-order chi connectivity index (χ1) is 14.2. The summed E-state index contributed by atoms with van der Waals surface area (Å²) in [5.74, 6) is -0.319. The third kappa shape index (κ3) is 4.54. The van der Waals surface area contributed by atoms with Crippen molar-refractivity contribution in [2.75, 3.05) is 36.4 Å². The number of amides is 1. The molecule has 0 radical (unpaired) electrons. The lowest BCUT2D eigenvalue weighted by atomic mass is 10.2. The topological polar surface area (TPSA) is 48.5 Å². The molecule has 2 heterocycles. The molecule has 0 spiro atoms. The molecule has 0 atom stereocenters. The van der Waals surface area contributed by atoms with Gasteiger partial charge in [0.2, 0.25) is 0 Å². The van der Waals surface area contributed by atoms with Gasteiger partial charge in [0.1, 0.15) is 11.5 Å². The number of hydrogen-bond acceptors (Lipinski definition) is 4. The molecule has 5 nitrogen and oxygen atoms in total. The first-order valence-electron chi connectivity index (χ1n) is 9.73. The lowest BCUT2D eigenvalue weighted by Crippen LogP contribution is -2.49. The third-order valence-electron chi connectivity index (χ3n) is 5.08. The van der Waals surface area contributed by atoms with Crippen LogP contribution in [-0.4, -0.2) is 42.0 Å². The third-order valence-corrected chi connectivity index (χ3v) is 5.08. The number of nitrogens with zero attached hydrogens (tertiary/aromatic N) is 3. The first-order valence-corrected chi connectivity index (χ1v) is 9.73. The molecular weight excluding hydrogens is 367 g/mol. The zero-order chi connectivity index (χ0) is 20.1. The van der Waals surface area contributed by atoms with Crippen LogP contribution in [0.5, 0.6) is 0 Å². The van der Waals surface area contributed by atoms with Gasteiger partial charge in [-0.05, 0) is 29.8 Å². The molecule has 4 rings (SSSR count). The fourth-order valence-corrected chi connectivity index (χ4v) is 3.45. The van der Waals surface area contributed by atoms with Crippen molar-refractivity contribution in [3.63, 3.8) is 0 Å². The van der Waals surface area contributed by atoms with Crippen LogP contribution in [0.3, 0.4) is 0 Å². The molecule has 29 heavy (non-hydrogen) atoms. The average Bonchev–Trinajstić information content (AvgIpc) is 2.79. The zero-order valence-electron chi connectivity index (χ0n) is 16.1. The van der Waals surface area contributed by atoms with E-state index in [1.54, 1.807) is 29.3 Å².